The van der Waals surface area contributed by atoms with Crippen LogP contribution in [-0.4, -0.2) is 17.5 Å². The van der Waals surface area contributed by atoms with Gasteiger partial charge in [0.1, 0.15) is 0 Å². The van der Waals surface area contributed by atoms with Crippen LogP contribution >= 0.6 is 0 Å². The van der Waals surface area contributed by atoms with Crippen molar-refractivity contribution in [3.63, 3.8) is 0 Å². The Labute approximate surface area is 105 Å². The minimum atomic E-state index is -0.640. The summed E-state index contributed by atoms with van der Waals surface area (Å²) in [5.41, 5.74) is 5.50. The van der Waals surface area contributed by atoms with Gasteiger partial charge in [0.05, 0.1) is 5.54 Å². The molecule has 2 aliphatic carbocycles. The molecular formula is C14H26N2O. The van der Waals surface area contributed by atoms with Crippen LogP contribution in [0.25, 0.3) is 0 Å². The van der Waals surface area contributed by atoms with Crippen molar-refractivity contribution < 1.29 is 4.79 Å². The van der Waals surface area contributed by atoms with E-state index in [2.05, 4.69) is 12.2 Å². The maximum Gasteiger partial charge on any atom is 0.240 e. The van der Waals surface area contributed by atoms with Gasteiger partial charge in [0.15, 0.2) is 0 Å². The van der Waals surface area contributed by atoms with Crippen LogP contribution in [0.3, 0.4) is 0 Å². The molecule has 2 aliphatic rings. The van der Waals surface area contributed by atoms with Gasteiger partial charge in [-0.2, -0.15) is 0 Å². The lowest BCUT2D eigenvalue weighted by atomic mass is 9.83. The van der Waals surface area contributed by atoms with E-state index < -0.39 is 5.54 Å². The first-order valence-corrected chi connectivity index (χ1v) is 7.13. The van der Waals surface area contributed by atoms with Gasteiger partial charge in [-0.1, -0.05) is 26.2 Å². The summed E-state index contributed by atoms with van der Waals surface area (Å²) in [5, 5.41) is 3.18. The molecule has 0 aromatic heterocycles. The van der Waals surface area contributed by atoms with E-state index in [0.29, 0.717) is 12.0 Å². The van der Waals surface area contributed by atoms with Crippen LogP contribution in [-0.2, 0) is 4.79 Å². The molecule has 2 rings (SSSR count). The van der Waals surface area contributed by atoms with Crippen molar-refractivity contribution >= 4 is 5.91 Å². The molecule has 0 aromatic carbocycles. The van der Waals surface area contributed by atoms with E-state index in [9.17, 15) is 4.79 Å². The van der Waals surface area contributed by atoms with Crippen LogP contribution in [0.5, 0.6) is 0 Å². The molecule has 1 amide bonds. The summed E-state index contributed by atoms with van der Waals surface area (Å²) in [6.07, 6.45) is 8.30. The smallest absolute Gasteiger partial charge is 0.240 e. The monoisotopic (exact) mass is 238 g/mol. The Balaban J connectivity index is 1.85. The highest BCUT2D eigenvalue weighted by Gasteiger charge is 2.44. The Morgan fingerprint density at radius 2 is 2.06 bits per heavy atom. The molecule has 0 bridgehead atoms. The van der Waals surface area contributed by atoms with Gasteiger partial charge in [-0.15, -0.1) is 0 Å². The fourth-order valence-electron chi connectivity index (χ4n) is 3.00. The lowest BCUT2D eigenvalue weighted by molar-refractivity contribution is -0.127. The number of carbonyl (C=O) groups is 1. The van der Waals surface area contributed by atoms with E-state index in [0.717, 1.165) is 31.6 Å². The van der Waals surface area contributed by atoms with Gasteiger partial charge in [-0.25, -0.2) is 0 Å². The largest absolute Gasteiger partial charge is 0.352 e. The number of carbonyl (C=O) groups excluding carboxylic acids is 1. The molecule has 2 fully saturated rings. The summed E-state index contributed by atoms with van der Waals surface area (Å²) in [7, 11) is 0. The highest BCUT2D eigenvalue weighted by Crippen LogP contribution is 2.38. The van der Waals surface area contributed by atoms with Crippen LogP contribution < -0.4 is 11.1 Å². The maximum atomic E-state index is 12.2. The van der Waals surface area contributed by atoms with E-state index in [1.807, 2.05) is 6.92 Å². The van der Waals surface area contributed by atoms with E-state index >= 15 is 0 Å². The van der Waals surface area contributed by atoms with Crippen molar-refractivity contribution in [2.45, 2.75) is 70.4 Å². The van der Waals surface area contributed by atoms with Crippen LogP contribution in [0, 0.1) is 11.8 Å². The first-order chi connectivity index (χ1) is 8.04. The highest BCUT2D eigenvalue weighted by atomic mass is 16.2. The van der Waals surface area contributed by atoms with Crippen molar-refractivity contribution in [2.24, 2.45) is 17.6 Å². The van der Waals surface area contributed by atoms with Gasteiger partial charge in [-0.3, -0.25) is 4.79 Å². The summed E-state index contributed by atoms with van der Waals surface area (Å²) >= 11 is 0. The Bertz CT molecular complexity index is 284. The van der Waals surface area contributed by atoms with E-state index in [4.69, 9.17) is 5.73 Å². The standard InChI is InChI=1S/C14H26N2O/c1-3-10-5-4-6-12(9-10)16-13(17)14(2,15)11-7-8-11/h10-12H,3-9,15H2,1-2H3,(H,16,17). The second-order valence-corrected chi connectivity index (χ2v) is 6.17. The number of rotatable bonds is 4. The van der Waals surface area contributed by atoms with E-state index in [1.165, 1.54) is 19.3 Å². The molecule has 3 unspecified atom stereocenters. The zero-order valence-corrected chi connectivity index (χ0v) is 11.2. The van der Waals surface area contributed by atoms with Crippen molar-refractivity contribution in [1.29, 1.82) is 0 Å². The zero-order valence-electron chi connectivity index (χ0n) is 11.2. The quantitative estimate of drug-likeness (QED) is 0.789. The predicted molar refractivity (Wildman–Crippen MR) is 69.5 cm³/mol. The number of hydrogen-bond acceptors (Lipinski definition) is 2. The second-order valence-electron chi connectivity index (χ2n) is 6.17. The van der Waals surface area contributed by atoms with Crippen molar-refractivity contribution in [1.82, 2.24) is 5.32 Å². The zero-order chi connectivity index (χ0) is 12.5. The fraction of sp³-hybridized carbons (Fsp3) is 0.929. The van der Waals surface area contributed by atoms with Gasteiger partial charge >= 0.3 is 0 Å². The summed E-state index contributed by atoms with van der Waals surface area (Å²) < 4.78 is 0. The Kier molecular flexibility index (Phi) is 3.76. The molecule has 3 atom stereocenters. The molecule has 0 radical (unpaired) electrons. The lowest BCUT2D eigenvalue weighted by Crippen LogP contribution is -2.56. The molecule has 3 heteroatoms. The molecule has 17 heavy (non-hydrogen) atoms. The van der Waals surface area contributed by atoms with Crippen LogP contribution in [0.2, 0.25) is 0 Å². The van der Waals surface area contributed by atoms with Gasteiger partial charge in [0.2, 0.25) is 5.91 Å². The number of nitrogens with two attached hydrogens (primary N) is 1. The summed E-state index contributed by atoms with van der Waals surface area (Å²) in [6, 6.07) is 0.364. The van der Waals surface area contributed by atoms with Crippen LogP contribution in [0.15, 0.2) is 0 Å². The maximum absolute atomic E-state index is 12.2. The third-order valence-electron chi connectivity index (χ3n) is 4.61. The predicted octanol–water partition coefficient (Wildman–Crippen LogP) is 2.20. The Morgan fingerprint density at radius 1 is 1.35 bits per heavy atom. The summed E-state index contributed by atoms with van der Waals surface area (Å²) in [5.74, 6) is 1.27. The first-order valence-electron chi connectivity index (χ1n) is 7.13. The second kappa shape index (κ2) is 4.97. The van der Waals surface area contributed by atoms with E-state index in [1.54, 1.807) is 0 Å². The van der Waals surface area contributed by atoms with Crippen molar-refractivity contribution in [3.8, 4) is 0 Å². The van der Waals surface area contributed by atoms with Gasteiger partial charge in [0.25, 0.3) is 0 Å². The lowest BCUT2D eigenvalue weighted by Gasteiger charge is -2.32. The Hall–Kier alpha value is -0.570. The topological polar surface area (TPSA) is 55.1 Å². The molecule has 0 heterocycles. The molecular weight excluding hydrogens is 212 g/mol. The fourth-order valence-corrected chi connectivity index (χ4v) is 3.00. The molecule has 0 aliphatic heterocycles. The van der Waals surface area contributed by atoms with Gasteiger partial charge in [-0.05, 0) is 44.4 Å². The number of nitrogens with one attached hydrogen (secondary N) is 1. The van der Waals surface area contributed by atoms with Crippen LogP contribution in [0.4, 0.5) is 0 Å². The Morgan fingerprint density at radius 3 is 2.65 bits per heavy atom. The highest BCUT2D eigenvalue weighted by molar-refractivity contribution is 5.86. The molecule has 0 aromatic rings. The van der Waals surface area contributed by atoms with Gasteiger partial charge in [0, 0.05) is 6.04 Å². The van der Waals surface area contributed by atoms with Crippen molar-refractivity contribution in [2.75, 3.05) is 0 Å². The first kappa shape index (κ1) is 12.9. The number of amides is 1. The SMILES string of the molecule is CCC1CCCC(NC(=O)C(C)(N)C2CC2)C1. The third-order valence-corrected chi connectivity index (χ3v) is 4.61. The molecule has 2 saturated carbocycles. The molecule has 3 nitrogen and oxygen atoms in total. The average Bonchev–Trinajstić information content (AvgIpc) is 3.13. The minimum Gasteiger partial charge on any atom is -0.352 e. The molecule has 3 N–H and O–H groups in total. The summed E-state index contributed by atoms with van der Waals surface area (Å²) in [4.78, 5) is 12.2. The normalized spacial score (nSPS) is 32.9. The molecule has 98 valence electrons. The summed E-state index contributed by atoms with van der Waals surface area (Å²) in [6.45, 7) is 4.13. The molecule has 0 saturated heterocycles. The number of hydrogen-bond donors (Lipinski definition) is 2. The molecule has 0 spiro atoms. The van der Waals surface area contributed by atoms with E-state index in [-0.39, 0.29) is 5.91 Å². The average molecular weight is 238 g/mol. The third kappa shape index (κ3) is 3.01. The van der Waals surface area contributed by atoms with Gasteiger partial charge < -0.3 is 11.1 Å². The van der Waals surface area contributed by atoms with Crippen molar-refractivity contribution in [3.05, 3.63) is 0 Å². The minimum absolute atomic E-state index is 0.0711. The van der Waals surface area contributed by atoms with Crippen LogP contribution in [0.1, 0.15) is 58.8 Å².